The van der Waals surface area contributed by atoms with Crippen LogP contribution in [0.3, 0.4) is 0 Å². The third-order valence-electron chi connectivity index (χ3n) is 2.48. The Kier molecular flexibility index (Phi) is 10.1. The van der Waals surface area contributed by atoms with Crippen molar-refractivity contribution in [3.05, 3.63) is 29.3 Å². The monoisotopic (exact) mass is 273 g/mol. The summed E-state index contributed by atoms with van der Waals surface area (Å²) >= 11 is 0. The van der Waals surface area contributed by atoms with E-state index >= 15 is 0 Å². The lowest BCUT2D eigenvalue weighted by molar-refractivity contribution is -0.0499. The van der Waals surface area contributed by atoms with Gasteiger partial charge in [-0.1, -0.05) is 19.9 Å². The van der Waals surface area contributed by atoms with Crippen LogP contribution < -0.4 is 10.1 Å². The van der Waals surface area contributed by atoms with Gasteiger partial charge in [0.15, 0.2) is 0 Å². The summed E-state index contributed by atoms with van der Waals surface area (Å²) in [6, 6.07) is 5.33. The first-order chi connectivity index (χ1) is 9.11. The standard InChI is InChI=1S/C13H19F2NO.C2H6/c1-10-7-11(5-3-4-6-16-2)9-12(8-10)17-13(14)15;1-2/h7-9,13,16H,3-6H2,1-2H3;1-2H3. The summed E-state index contributed by atoms with van der Waals surface area (Å²) in [5.41, 5.74) is 2.00. The first kappa shape index (κ1) is 17.8. The van der Waals surface area contributed by atoms with Crippen molar-refractivity contribution in [3.63, 3.8) is 0 Å². The van der Waals surface area contributed by atoms with E-state index in [4.69, 9.17) is 0 Å². The summed E-state index contributed by atoms with van der Waals surface area (Å²) in [6.45, 7) is 4.11. The molecule has 0 saturated heterocycles. The molecule has 0 fully saturated rings. The van der Waals surface area contributed by atoms with Gasteiger partial charge in [0, 0.05) is 0 Å². The van der Waals surface area contributed by atoms with E-state index in [-0.39, 0.29) is 5.75 Å². The number of ether oxygens (including phenoxy) is 1. The van der Waals surface area contributed by atoms with Crippen molar-refractivity contribution in [1.82, 2.24) is 5.32 Å². The number of nitrogens with one attached hydrogen (secondary N) is 1. The summed E-state index contributed by atoms with van der Waals surface area (Å²) in [6.07, 6.45) is 3.01. The second-order valence-electron chi connectivity index (χ2n) is 4.09. The average molecular weight is 273 g/mol. The molecule has 0 atom stereocenters. The maximum Gasteiger partial charge on any atom is 0.387 e. The van der Waals surface area contributed by atoms with Gasteiger partial charge in [0.25, 0.3) is 0 Å². The van der Waals surface area contributed by atoms with E-state index in [1.807, 2.05) is 33.9 Å². The number of alkyl halides is 2. The molecule has 2 nitrogen and oxygen atoms in total. The van der Waals surface area contributed by atoms with Gasteiger partial charge in [0.05, 0.1) is 0 Å². The third kappa shape index (κ3) is 8.54. The maximum absolute atomic E-state index is 12.1. The molecular weight excluding hydrogens is 248 g/mol. The Morgan fingerprint density at radius 2 is 1.84 bits per heavy atom. The summed E-state index contributed by atoms with van der Waals surface area (Å²) in [5, 5.41) is 3.08. The number of hydrogen-bond acceptors (Lipinski definition) is 2. The molecule has 19 heavy (non-hydrogen) atoms. The molecule has 0 aliphatic heterocycles. The van der Waals surface area contributed by atoms with E-state index in [0.717, 1.165) is 36.9 Å². The maximum atomic E-state index is 12.1. The smallest absolute Gasteiger partial charge is 0.387 e. The Balaban J connectivity index is 0.00000154. The molecule has 0 spiro atoms. The molecule has 0 amide bonds. The molecule has 0 aliphatic rings. The predicted molar refractivity (Wildman–Crippen MR) is 76.0 cm³/mol. The van der Waals surface area contributed by atoms with Crippen molar-refractivity contribution in [3.8, 4) is 5.75 Å². The zero-order valence-corrected chi connectivity index (χ0v) is 12.3. The first-order valence-corrected chi connectivity index (χ1v) is 6.82. The lowest BCUT2D eigenvalue weighted by Crippen LogP contribution is -2.07. The number of rotatable bonds is 7. The lowest BCUT2D eigenvalue weighted by Gasteiger charge is -2.08. The highest BCUT2D eigenvalue weighted by Crippen LogP contribution is 2.20. The Bertz CT molecular complexity index is 343. The van der Waals surface area contributed by atoms with Crippen molar-refractivity contribution in [2.45, 2.75) is 46.6 Å². The quantitative estimate of drug-likeness (QED) is 0.753. The Hall–Kier alpha value is -1.16. The van der Waals surface area contributed by atoms with Crippen LogP contribution >= 0.6 is 0 Å². The zero-order valence-electron chi connectivity index (χ0n) is 12.3. The molecule has 4 heteroatoms. The van der Waals surface area contributed by atoms with Gasteiger partial charge in [-0.3, -0.25) is 0 Å². The van der Waals surface area contributed by atoms with Gasteiger partial charge in [-0.15, -0.1) is 0 Å². The van der Waals surface area contributed by atoms with Gasteiger partial charge in [-0.05, 0) is 63.0 Å². The normalized spacial score (nSPS) is 10.1. The molecule has 0 unspecified atom stereocenters. The molecule has 110 valence electrons. The Morgan fingerprint density at radius 3 is 2.42 bits per heavy atom. The fourth-order valence-corrected chi connectivity index (χ4v) is 1.77. The number of halogens is 2. The number of hydrogen-bond donors (Lipinski definition) is 1. The van der Waals surface area contributed by atoms with Crippen molar-refractivity contribution in [2.24, 2.45) is 0 Å². The van der Waals surface area contributed by atoms with Crippen LogP contribution in [0.15, 0.2) is 18.2 Å². The van der Waals surface area contributed by atoms with Crippen molar-refractivity contribution in [1.29, 1.82) is 0 Å². The molecule has 1 N–H and O–H groups in total. The molecule has 0 bridgehead atoms. The van der Waals surface area contributed by atoms with E-state index in [2.05, 4.69) is 10.1 Å². The second-order valence-corrected chi connectivity index (χ2v) is 4.09. The van der Waals surface area contributed by atoms with Crippen molar-refractivity contribution in [2.75, 3.05) is 13.6 Å². The van der Waals surface area contributed by atoms with Crippen LogP contribution in [0.25, 0.3) is 0 Å². The molecule has 0 radical (unpaired) electrons. The van der Waals surface area contributed by atoms with Gasteiger partial charge in [0.2, 0.25) is 0 Å². The average Bonchev–Trinajstić information content (AvgIpc) is 2.36. The minimum atomic E-state index is -2.76. The molecule has 0 heterocycles. The van der Waals surface area contributed by atoms with E-state index in [1.54, 1.807) is 12.1 Å². The molecule has 1 rings (SSSR count). The number of benzene rings is 1. The van der Waals surface area contributed by atoms with Crippen LogP contribution in [-0.4, -0.2) is 20.2 Å². The highest BCUT2D eigenvalue weighted by Gasteiger charge is 2.06. The molecule has 0 aliphatic carbocycles. The molecule has 1 aromatic rings. The summed E-state index contributed by atoms with van der Waals surface area (Å²) < 4.78 is 28.6. The minimum Gasteiger partial charge on any atom is -0.435 e. The fraction of sp³-hybridized carbons (Fsp3) is 0.600. The summed E-state index contributed by atoms with van der Waals surface area (Å²) in [7, 11) is 1.92. The zero-order chi connectivity index (χ0) is 14.7. The van der Waals surface area contributed by atoms with Crippen molar-refractivity contribution < 1.29 is 13.5 Å². The van der Waals surface area contributed by atoms with Crippen LogP contribution in [0.5, 0.6) is 5.75 Å². The lowest BCUT2D eigenvalue weighted by atomic mass is 10.1. The van der Waals surface area contributed by atoms with E-state index < -0.39 is 6.61 Å². The van der Waals surface area contributed by atoms with Crippen LogP contribution in [0.2, 0.25) is 0 Å². The van der Waals surface area contributed by atoms with Crippen LogP contribution in [-0.2, 0) is 6.42 Å². The van der Waals surface area contributed by atoms with Crippen LogP contribution in [0.4, 0.5) is 8.78 Å². The van der Waals surface area contributed by atoms with Gasteiger partial charge in [0.1, 0.15) is 5.75 Å². The molecular formula is C15H25F2NO. The molecule has 0 aromatic heterocycles. The minimum absolute atomic E-state index is 0.253. The van der Waals surface area contributed by atoms with E-state index in [9.17, 15) is 8.78 Å². The Labute approximate surface area is 115 Å². The first-order valence-electron chi connectivity index (χ1n) is 6.82. The van der Waals surface area contributed by atoms with Gasteiger partial charge in [-0.25, -0.2) is 0 Å². The topological polar surface area (TPSA) is 21.3 Å². The fourth-order valence-electron chi connectivity index (χ4n) is 1.77. The predicted octanol–water partition coefficient (Wildman–Crippen LogP) is 4.16. The number of unbranched alkanes of at least 4 members (excludes halogenated alkanes) is 1. The highest BCUT2D eigenvalue weighted by atomic mass is 19.3. The van der Waals surface area contributed by atoms with Crippen molar-refractivity contribution >= 4 is 0 Å². The number of aryl methyl sites for hydroxylation is 2. The third-order valence-corrected chi connectivity index (χ3v) is 2.48. The van der Waals surface area contributed by atoms with Crippen LogP contribution in [0.1, 0.15) is 37.8 Å². The summed E-state index contributed by atoms with van der Waals surface area (Å²) in [5.74, 6) is 0.253. The summed E-state index contributed by atoms with van der Waals surface area (Å²) in [4.78, 5) is 0. The van der Waals surface area contributed by atoms with Crippen LogP contribution in [0, 0.1) is 6.92 Å². The van der Waals surface area contributed by atoms with E-state index in [1.165, 1.54) is 0 Å². The Morgan fingerprint density at radius 1 is 1.16 bits per heavy atom. The highest BCUT2D eigenvalue weighted by molar-refractivity contribution is 5.33. The van der Waals surface area contributed by atoms with Gasteiger partial charge >= 0.3 is 6.61 Å². The van der Waals surface area contributed by atoms with E-state index in [0.29, 0.717) is 0 Å². The largest absolute Gasteiger partial charge is 0.435 e. The molecule has 1 aromatic carbocycles. The molecule has 0 saturated carbocycles. The SMILES string of the molecule is CC.CNCCCCc1cc(C)cc(OC(F)F)c1. The second kappa shape index (κ2) is 10.7. The van der Waals surface area contributed by atoms with Gasteiger partial charge < -0.3 is 10.1 Å². The van der Waals surface area contributed by atoms with Gasteiger partial charge in [-0.2, -0.15) is 8.78 Å².